The van der Waals surface area contributed by atoms with E-state index < -0.39 is 0 Å². The van der Waals surface area contributed by atoms with E-state index >= 15 is 0 Å². The fourth-order valence-corrected chi connectivity index (χ4v) is 6.56. The molecule has 0 bridgehead atoms. The van der Waals surface area contributed by atoms with Crippen LogP contribution in [0.4, 0.5) is 10.7 Å². The Labute approximate surface area is 236 Å². The number of nitrogens with one attached hydrogen (secondary N) is 1. The number of nitrogens with zero attached hydrogens (tertiary/aromatic N) is 1. The van der Waals surface area contributed by atoms with Crippen molar-refractivity contribution in [2.24, 2.45) is 16.3 Å². The molecule has 0 fully saturated rings. The van der Waals surface area contributed by atoms with Gasteiger partial charge in [-0.25, -0.2) is 4.99 Å². The Morgan fingerprint density at radius 3 is 2.65 bits per heavy atom. The lowest BCUT2D eigenvalue weighted by molar-refractivity contribution is 0.102. The fraction of sp³-hybridized carbons (Fsp3) is 0.379. The second-order valence-electron chi connectivity index (χ2n) is 10.2. The van der Waals surface area contributed by atoms with E-state index in [1.165, 1.54) is 4.88 Å². The predicted molar refractivity (Wildman–Crippen MR) is 158 cm³/mol. The van der Waals surface area contributed by atoms with Gasteiger partial charge in [-0.15, -0.1) is 11.3 Å². The molecule has 0 radical (unpaired) electrons. The molecule has 0 aliphatic heterocycles. The molecule has 1 aliphatic rings. The van der Waals surface area contributed by atoms with E-state index in [0.717, 1.165) is 39.9 Å². The maximum Gasteiger partial charge on any atom is 0.259 e. The van der Waals surface area contributed by atoms with Crippen LogP contribution in [0.2, 0.25) is 5.02 Å². The number of benzene rings is 2. The van der Waals surface area contributed by atoms with E-state index in [1.54, 1.807) is 48.9 Å². The quantitative estimate of drug-likeness (QED) is 0.275. The number of ether oxygens (including phenoxy) is 2. The molecule has 0 saturated heterocycles. The summed E-state index contributed by atoms with van der Waals surface area (Å²) in [6.45, 7) is 9.34. The third-order valence-electron chi connectivity index (χ3n) is 6.67. The summed E-state index contributed by atoms with van der Waals surface area (Å²) in [5.74, 6) is 1.70. The fourth-order valence-electron chi connectivity index (χ4n) is 4.59. The second kappa shape index (κ2) is 11.6. The van der Waals surface area contributed by atoms with Crippen LogP contribution in [0.1, 0.15) is 60.5 Å². The summed E-state index contributed by atoms with van der Waals surface area (Å²) in [6.07, 6.45) is 4.67. The van der Waals surface area contributed by atoms with Gasteiger partial charge in [0.25, 0.3) is 5.91 Å². The van der Waals surface area contributed by atoms with E-state index in [1.807, 2.05) is 19.1 Å². The van der Waals surface area contributed by atoms with Crippen molar-refractivity contribution in [3.05, 3.63) is 67.5 Å². The summed E-state index contributed by atoms with van der Waals surface area (Å²) in [7, 11) is 1.61. The number of aliphatic imine (C=N–C) groups is 1. The number of rotatable bonds is 7. The van der Waals surface area contributed by atoms with Gasteiger partial charge < -0.3 is 14.8 Å². The molecule has 1 aliphatic carbocycles. The van der Waals surface area contributed by atoms with Gasteiger partial charge in [0, 0.05) is 21.8 Å². The Morgan fingerprint density at radius 1 is 1.27 bits per heavy atom. The van der Waals surface area contributed by atoms with Gasteiger partial charge in [-0.3, -0.25) is 4.79 Å². The Balaban J connectivity index is 1.71. The third kappa shape index (κ3) is 6.39. The van der Waals surface area contributed by atoms with E-state index in [9.17, 15) is 4.79 Å². The summed E-state index contributed by atoms with van der Waals surface area (Å²) in [4.78, 5) is 19.6. The molecular formula is C29H32BrClN2O3S. The van der Waals surface area contributed by atoms with E-state index in [2.05, 4.69) is 42.0 Å². The van der Waals surface area contributed by atoms with E-state index in [4.69, 9.17) is 26.1 Å². The van der Waals surface area contributed by atoms with E-state index in [-0.39, 0.29) is 11.3 Å². The molecule has 0 spiro atoms. The van der Waals surface area contributed by atoms with Crippen LogP contribution in [-0.4, -0.2) is 25.8 Å². The molecule has 2 aromatic carbocycles. The Hall–Kier alpha value is -2.35. The number of amides is 1. The zero-order chi connectivity index (χ0) is 26.7. The zero-order valence-electron chi connectivity index (χ0n) is 21.8. The zero-order valence-corrected chi connectivity index (χ0v) is 24.9. The highest BCUT2D eigenvalue weighted by atomic mass is 79.9. The van der Waals surface area contributed by atoms with Crippen LogP contribution < -0.4 is 14.8 Å². The normalized spacial score (nSPS) is 15.5. The van der Waals surface area contributed by atoms with Crippen LogP contribution in [0.25, 0.3) is 0 Å². The van der Waals surface area contributed by atoms with Crippen molar-refractivity contribution in [1.82, 2.24) is 0 Å². The molecule has 5 nitrogen and oxygen atoms in total. The van der Waals surface area contributed by atoms with Crippen LogP contribution in [0.15, 0.2) is 45.9 Å². The van der Waals surface area contributed by atoms with Crippen LogP contribution in [-0.2, 0) is 12.8 Å². The van der Waals surface area contributed by atoms with Gasteiger partial charge in [0.1, 0.15) is 5.00 Å². The van der Waals surface area contributed by atoms with Gasteiger partial charge in [-0.1, -0.05) is 32.4 Å². The Kier molecular flexibility index (Phi) is 8.66. The first kappa shape index (κ1) is 27.7. The largest absolute Gasteiger partial charge is 0.493 e. The number of hydrogen-bond acceptors (Lipinski definition) is 5. The minimum absolute atomic E-state index is 0.147. The molecule has 1 aromatic heterocycles. The number of carbonyl (C=O) groups excluding carboxylic acids is 1. The Bertz CT molecular complexity index is 1310. The number of halogens is 2. The summed E-state index contributed by atoms with van der Waals surface area (Å²) < 4.78 is 12.0. The van der Waals surface area contributed by atoms with Crippen molar-refractivity contribution in [3.8, 4) is 11.5 Å². The first-order valence-electron chi connectivity index (χ1n) is 12.4. The second-order valence-corrected chi connectivity index (χ2v) is 12.6. The topological polar surface area (TPSA) is 59.9 Å². The molecule has 1 amide bonds. The summed E-state index contributed by atoms with van der Waals surface area (Å²) >= 11 is 11.2. The predicted octanol–water partition coefficient (Wildman–Crippen LogP) is 8.73. The van der Waals surface area contributed by atoms with Gasteiger partial charge in [0.15, 0.2) is 11.5 Å². The number of methoxy groups -OCH3 is 1. The molecule has 4 rings (SSSR count). The van der Waals surface area contributed by atoms with Crippen LogP contribution in [0.5, 0.6) is 11.5 Å². The lowest BCUT2D eigenvalue weighted by atomic mass is 9.72. The standard InChI is InChI=1S/C29H32BrClN2O3S/c1-6-36-26-22(30)13-17(14-23(26)35-5)16-32-28-25(27(34)33-20-10-8-19(31)9-11-20)21-12-7-18(29(2,3)4)15-24(21)37-28/h8-11,13-14,16,18H,6-7,12,15H2,1-5H3,(H,33,34)/t18-/m0/s1. The number of carbonyl (C=O) groups is 1. The molecular weight excluding hydrogens is 572 g/mol. The molecule has 1 atom stereocenters. The average molecular weight is 604 g/mol. The van der Waals surface area contributed by atoms with Crippen molar-refractivity contribution in [2.45, 2.75) is 47.0 Å². The molecule has 1 N–H and O–H groups in total. The molecule has 8 heteroatoms. The minimum Gasteiger partial charge on any atom is -0.493 e. The number of fused-ring (bicyclic) bond motifs is 1. The molecule has 3 aromatic rings. The van der Waals surface area contributed by atoms with Crippen molar-refractivity contribution < 1.29 is 14.3 Å². The lowest BCUT2D eigenvalue weighted by Gasteiger charge is -2.33. The van der Waals surface area contributed by atoms with Crippen LogP contribution >= 0.6 is 38.9 Å². The first-order chi connectivity index (χ1) is 17.6. The minimum atomic E-state index is -0.147. The smallest absolute Gasteiger partial charge is 0.259 e. The molecule has 37 heavy (non-hydrogen) atoms. The molecule has 1 heterocycles. The SMILES string of the molecule is CCOc1c(Br)cc(C=Nc2sc3c(c2C(=O)Nc2ccc(Cl)cc2)CC[C@H](C(C)(C)C)C3)cc1OC. The van der Waals surface area contributed by atoms with Crippen molar-refractivity contribution in [2.75, 3.05) is 19.0 Å². The summed E-state index contributed by atoms with van der Waals surface area (Å²) in [5, 5.41) is 4.39. The highest BCUT2D eigenvalue weighted by Crippen LogP contribution is 2.45. The number of anilines is 1. The molecule has 0 unspecified atom stereocenters. The van der Waals surface area contributed by atoms with Crippen molar-refractivity contribution in [3.63, 3.8) is 0 Å². The number of thiophene rings is 1. The molecule has 196 valence electrons. The van der Waals surface area contributed by atoms with E-state index in [0.29, 0.717) is 40.3 Å². The third-order valence-corrected chi connectivity index (χ3v) is 8.68. The van der Waals surface area contributed by atoms with Crippen molar-refractivity contribution in [1.29, 1.82) is 0 Å². The first-order valence-corrected chi connectivity index (χ1v) is 14.3. The van der Waals surface area contributed by atoms with Crippen LogP contribution in [0.3, 0.4) is 0 Å². The number of hydrogen-bond donors (Lipinski definition) is 1. The van der Waals surface area contributed by atoms with Crippen molar-refractivity contribution >= 4 is 61.7 Å². The average Bonchev–Trinajstić information content (AvgIpc) is 3.22. The maximum absolute atomic E-state index is 13.6. The Morgan fingerprint density at radius 2 is 2.00 bits per heavy atom. The lowest BCUT2D eigenvalue weighted by Crippen LogP contribution is -2.27. The monoisotopic (exact) mass is 602 g/mol. The van der Waals surface area contributed by atoms with Gasteiger partial charge in [-0.2, -0.15) is 0 Å². The van der Waals surface area contributed by atoms with Gasteiger partial charge in [-0.05, 0) is 101 Å². The van der Waals surface area contributed by atoms with Gasteiger partial charge >= 0.3 is 0 Å². The van der Waals surface area contributed by atoms with Gasteiger partial charge in [0.2, 0.25) is 0 Å². The highest BCUT2D eigenvalue weighted by molar-refractivity contribution is 9.10. The summed E-state index contributed by atoms with van der Waals surface area (Å²) in [6, 6.07) is 11.0. The summed E-state index contributed by atoms with van der Waals surface area (Å²) in [5.41, 5.74) is 3.54. The van der Waals surface area contributed by atoms with Crippen LogP contribution in [0, 0.1) is 11.3 Å². The maximum atomic E-state index is 13.6. The highest BCUT2D eigenvalue weighted by Gasteiger charge is 2.33. The van der Waals surface area contributed by atoms with Gasteiger partial charge in [0.05, 0.1) is 23.8 Å². The molecule has 0 saturated carbocycles.